The van der Waals surface area contributed by atoms with Crippen LogP contribution in [0.3, 0.4) is 0 Å². The van der Waals surface area contributed by atoms with Crippen LogP contribution in [0, 0.1) is 0 Å². The maximum atomic E-state index is 7.22. The van der Waals surface area contributed by atoms with Crippen molar-refractivity contribution in [3.05, 3.63) is 283 Å². The van der Waals surface area contributed by atoms with Crippen LogP contribution in [-0.2, 0) is 5.41 Å². The molecule has 12 aromatic carbocycles. The second-order valence-electron chi connectivity index (χ2n) is 19.1. The van der Waals surface area contributed by atoms with Crippen molar-refractivity contribution in [3.63, 3.8) is 0 Å². The molecule has 72 heavy (non-hydrogen) atoms. The van der Waals surface area contributed by atoms with Crippen molar-refractivity contribution in [1.82, 2.24) is 0 Å². The summed E-state index contributed by atoms with van der Waals surface area (Å²) in [6.45, 7) is 0. The van der Waals surface area contributed by atoms with Crippen LogP contribution >= 0.6 is 0 Å². The summed E-state index contributed by atoms with van der Waals surface area (Å²) in [7, 11) is 0. The quantitative estimate of drug-likeness (QED) is 0.166. The molecule has 0 amide bonds. The first-order valence-corrected chi connectivity index (χ1v) is 24.7. The Morgan fingerprint density at radius 1 is 0.278 bits per heavy atom. The molecule has 1 spiro atoms. The minimum Gasteiger partial charge on any atom is -0.456 e. The maximum Gasteiger partial charge on any atom is 0.140 e. The average Bonchev–Trinajstić information content (AvgIpc) is 3.97. The van der Waals surface area contributed by atoms with Crippen molar-refractivity contribution in [2.75, 3.05) is 4.90 Å². The Labute approximate surface area is 417 Å². The molecule has 1 aliphatic carbocycles. The number of ether oxygens (including phenoxy) is 1. The molecule has 0 unspecified atom stereocenters. The van der Waals surface area contributed by atoms with Gasteiger partial charge in [-0.3, -0.25) is 0 Å². The lowest BCUT2D eigenvalue weighted by atomic mass is 9.65. The predicted molar refractivity (Wildman–Crippen MR) is 297 cm³/mol. The van der Waals surface area contributed by atoms with Gasteiger partial charge in [-0.15, -0.1) is 0 Å². The van der Waals surface area contributed by atoms with Gasteiger partial charge in [0.05, 0.1) is 5.41 Å². The summed E-state index contributed by atoms with van der Waals surface area (Å²) >= 11 is 0. The number of hydrogen-bond acceptors (Lipinski definition) is 3. The molecular formula is C69H43NO2. The predicted octanol–water partition coefficient (Wildman–Crippen LogP) is 18.8. The van der Waals surface area contributed by atoms with Gasteiger partial charge in [0.2, 0.25) is 0 Å². The molecule has 13 aromatic rings. The molecule has 0 saturated carbocycles. The van der Waals surface area contributed by atoms with E-state index >= 15 is 0 Å². The molecule has 0 atom stereocenters. The Morgan fingerprint density at radius 2 is 0.736 bits per heavy atom. The summed E-state index contributed by atoms with van der Waals surface area (Å²) in [5.74, 6) is 1.85. The Morgan fingerprint density at radius 3 is 1.38 bits per heavy atom. The normalized spacial score (nSPS) is 12.9. The number of fused-ring (bicyclic) bond motifs is 16. The van der Waals surface area contributed by atoms with E-state index in [1.807, 2.05) is 12.1 Å². The van der Waals surface area contributed by atoms with E-state index in [-0.39, 0.29) is 0 Å². The highest BCUT2D eigenvalue weighted by atomic mass is 16.5. The molecule has 0 radical (unpaired) electrons. The van der Waals surface area contributed by atoms with Crippen LogP contribution < -0.4 is 9.64 Å². The molecule has 3 nitrogen and oxygen atoms in total. The van der Waals surface area contributed by atoms with E-state index in [1.54, 1.807) is 0 Å². The maximum absolute atomic E-state index is 7.22. The third-order valence-corrected chi connectivity index (χ3v) is 15.3. The number of para-hydroxylation sites is 1. The van der Waals surface area contributed by atoms with Gasteiger partial charge in [0, 0.05) is 49.7 Å². The Balaban J connectivity index is 0.857. The minimum absolute atomic E-state index is 0.619. The summed E-state index contributed by atoms with van der Waals surface area (Å²) in [6.07, 6.45) is 0. The summed E-state index contributed by atoms with van der Waals surface area (Å²) in [5.41, 5.74) is 18.8. The van der Waals surface area contributed by atoms with Crippen molar-refractivity contribution in [3.8, 4) is 56.0 Å². The van der Waals surface area contributed by atoms with Gasteiger partial charge in [0.1, 0.15) is 22.7 Å². The molecule has 0 N–H and O–H groups in total. The molecule has 0 bridgehead atoms. The summed E-state index contributed by atoms with van der Waals surface area (Å²) in [4.78, 5) is 2.36. The smallest absolute Gasteiger partial charge is 0.140 e. The zero-order valence-corrected chi connectivity index (χ0v) is 39.1. The number of hydrogen-bond donors (Lipinski definition) is 0. The van der Waals surface area contributed by atoms with Crippen LogP contribution in [0.15, 0.2) is 265 Å². The zero-order chi connectivity index (χ0) is 47.3. The lowest BCUT2D eigenvalue weighted by Gasteiger charge is -2.40. The van der Waals surface area contributed by atoms with Crippen molar-refractivity contribution in [1.29, 1.82) is 0 Å². The second kappa shape index (κ2) is 15.8. The van der Waals surface area contributed by atoms with E-state index < -0.39 is 5.41 Å². The lowest BCUT2D eigenvalue weighted by Crippen LogP contribution is -2.32. The van der Waals surface area contributed by atoms with Gasteiger partial charge in [-0.2, -0.15) is 0 Å². The molecule has 1 aliphatic heterocycles. The fourth-order valence-electron chi connectivity index (χ4n) is 12.0. The third kappa shape index (κ3) is 6.04. The number of rotatable bonds is 6. The standard InChI is InChI=1S/C69H43NO2/c1-2-12-44(13-3-1)45-22-32-52(33-23-45)70(53-34-24-46(25-35-53)50-31-41-66-60(42-50)59-19-9-11-21-65(59)71-66)54-36-26-47(27-37-54)51-28-38-58-57-18-8-10-20-61(57)69(64(58)43-51)62-39-29-48-14-4-6-16-55(48)67(62)72-68-56-17-7-5-15-49(56)30-40-63(68)69/h1-43H. The molecule has 0 fully saturated rings. The van der Waals surface area contributed by atoms with Crippen molar-refractivity contribution < 1.29 is 9.15 Å². The molecular weight excluding hydrogens is 875 g/mol. The Kier molecular flexibility index (Phi) is 8.87. The van der Waals surface area contributed by atoms with Gasteiger partial charge >= 0.3 is 0 Å². The molecule has 1 aromatic heterocycles. The van der Waals surface area contributed by atoms with Crippen LogP contribution in [0.4, 0.5) is 17.1 Å². The zero-order valence-electron chi connectivity index (χ0n) is 39.1. The number of benzene rings is 12. The number of anilines is 3. The highest BCUT2D eigenvalue weighted by Gasteiger charge is 2.52. The average molecular weight is 918 g/mol. The van der Waals surface area contributed by atoms with Crippen LogP contribution in [0.2, 0.25) is 0 Å². The van der Waals surface area contributed by atoms with E-state index in [0.717, 1.165) is 105 Å². The SMILES string of the molecule is c1ccc(-c2ccc(N(c3ccc(-c4ccc5c(c4)C4(c6ccccc6-5)c5ccc6ccccc6c5Oc5c4ccc4ccccc54)cc3)c3ccc(-c4ccc5oc6ccccc6c5c4)cc3)cc2)cc1. The van der Waals surface area contributed by atoms with Gasteiger partial charge in [-0.05, 0) is 127 Å². The number of furan rings is 1. The van der Waals surface area contributed by atoms with Gasteiger partial charge in [-0.1, -0.05) is 200 Å². The Hall–Kier alpha value is -9.44. The Bertz CT molecular complexity index is 4200. The minimum atomic E-state index is -0.619. The summed E-state index contributed by atoms with van der Waals surface area (Å²) in [6, 6.07) is 94.8. The van der Waals surface area contributed by atoms with E-state index in [0.29, 0.717) is 0 Å². The van der Waals surface area contributed by atoms with Crippen LogP contribution in [-0.4, -0.2) is 0 Å². The van der Waals surface area contributed by atoms with E-state index in [1.165, 1.54) is 33.4 Å². The van der Waals surface area contributed by atoms with Gasteiger partial charge in [-0.25, -0.2) is 0 Å². The lowest BCUT2D eigenvalue weighted by molar-refractivity contribution is 0.447. The first-order chi connectivity index (χ1) is 35.7. The van der Waals surface area contributed by atoms with Gasteiger partial charge in [0.15, 0.2) is 0 Å². The molecule has 0 saturated heterocycles. The van der Waals surface area contributed by atoms with Crippen LogP contribution in [0.1, 0.15) is 22.3 Å². The fraction of sp³-hybridized carbons (Fsp3) is 0.0145. The van der Waals surface area contributed by atoms with Gasteiger partial charge in [0.25, 0.3) is 0 Å². The summed E-state index contributed by atoms with van der Waals surface area (Å²) < 4.78 is 13.4. The molecule has 15 rings (SSSR count). The largest absolute Gasteiger partial charge is 0.456 e. The van der Waals surface area contributed by atoms with Gasteiger partial charge < -0.3 is 14.1 Å². The molecule has 336 valence electrons. The fourth-order valence-corrected chi connectivity index (χ4v) is 12.0. The van der Waals surface area contributed by atoms with E-state index in [4.69, 9.17) is 9.15 Å². The van der Waals surface area contributed by atoms with Crippen molar-refractivity contribution >= 4 is 60.5 Å². The third-order valence-electron chi connectivity index (χ3n) is 15.3. The van der Waals surface area contributed by atoms with Crippen LogP contribution in [0.5, 0.6) is 11.5 Å². The van der Waals surface area contributed by atoms with E-state index in [2.05, 4.69) is 254 Å². The van der Waals surface area contributed by atoms with E-state index in [9.17, 15) is 0 Å². The van der Waals surface area contributed by atoms with Crippen LogP contribution in [0.25, 0.3) is 88.0 Å². The second-order valence-corrected chi connectivity index (χ2v) is 19.1. The highest BCUT2D eigenvalue weighted by Crippen LogP contribution is 2.64. The topological polar surface area (TPSA) is 25.6 Å². The summed E-state index contributed by atoms with van der Waals surface area (Å²) in [5, 5.41) is 6.81. The molecule has 2 heterocycles. The molecule has 3 heteroatoms. The highest BCUT2D eigenvalue weighted by molar-refractivity contribution is 6.06. The van der Waals surface area contributed by atoms with Crippen molar-refractivity contribution in [2.24, 2.45) is 0 Å². The first-order valence-electron chi connectivity index (χ1n) is 24.7. The first kappa shape index (κ1) is 40.4. The monoisotopic (exact) mass is 917 g/mol. The van der Waals surface area contributed by atoms with Crippen molar-refractivity contribution in [2.45, 2.75) is 5.41 Å². The molecule has 2 aliphatic rings. The number of nitrogens with zero attached hydrogens (tertiary/aromatic N) is 1.